The number of carbonyl (C=O) groups is 1. The Bertz CT molecular complexity index is 768. The largest absolute Gasteiger partial charge is 0.489 e. The third kappa shape index (κ3) is 4.41. The fraction of sp³-hybridized carbons (Fsp3) is 0.545. The van der Waals surface area contributed by atoms with E-state index in [0.29, 0.717) is 19.2 Å². The highest BCUT2D eigenvalue weighted by molar-refractivity contribution is 5.84. The number of aromatic nitrogens is 1. The number of hydrogen-bond donors (Lipinski definition) is 1. The lowest BCUT2D eigenvalue weighted by atomic mass is 9.95. The van der Waals surface area contributed by atoms with Gasteiger partial charge in [-0.15, -0.1) is 0 Å². The number of nitrogens with zero attached hydrogens (tertiary/aromatic N) is 2. The molecule has 1 aromatic heterocycles. The van der Waals surface area contributed by atoms with E-state index in [9.17, 15) is 4.79 Å². The highest BCUT2D eigenvalue weighted by Crippen LogP contribution is 2.28. The summed E-state index contributed by atoms with van der Waals surface area (Å²) in [5.74, 6) is 1.07. The third-order valence-corrected chi connectivity index (χ3v) is 5.92. The van der Waals surface area contributed by atoms with Crippen LogP contribution in [-0.4, -0.2) is 48.1 Å². The summed E-state index contributed by atoms with van der Waals surface area (Å²) in [6, 6.07) is 10.6. The van der Waals surface area contributed by atoms with Crippen molar-refractivity contribution in [2.24, 2.45) is 5.92 Å². The molecule has 0 bridgehead atoms. The molecule has 1 saturated heterocycles. The minimum atomic E-state index is 0.124. The van der Waals surface area contributed by atoms with E-state index in [1.54, 1.807) is 6.20 Å². The van der Waals surface area contributed by atoms with Gasteiger partial charge in [-0.3, -0.25) is 14.7 Å². The number of carbonyl (C=O) groups excluding carboxylic acids is 1. The average molecular weight is 367 g/mol. The van der Waals surface area contributed by atoms with Crippen molar-refractivity contribution in [3.8, 4) is 5.75 Å². The zero-order valence-corrected chi connectivity index (χ0v) is 15.9. The zero-order valence-electron chi connectivity index (χ0n) is 15.9. The Morgan fingerprint density at radius 1 is 1.15 bits per heavy atom. The van der Waals surface area contributed by atoms with Crippen molar-refractivity contribution in [3.63, 3.8) is 0 Å². The molecule has 1 aromatic carbocycles. The van der Waals surface area contributed by atoms with Gasteiger partial charge in [0.15, 0.2) is 0 Å². The van der Waals surface area contributed by atoms with Crippen LogP contribution in [0.4, 0.5) is 0 Å². The van der Waals surface area contributed by atoms with Crippen LogP contribution in [-0.2, 0) is 4.79 Å². The molecule has 2 aliphatic rings. The molecule has 2 fully saturated rings. The molecule has 0 radical (unpaired) electrons. The summed E-state index contributed by atoms with van der Waals surface area (Å²) < 4.78 is 5.87. The Labute approximate surface area is 161 Å². The molecule has 1 aliphatic carbocycles. The zero-order chi connectivity index (χ0) is 18.5. The fourth-order valence-corrected chi connectivity index (χ4v) is 4.49. The number of para-hydroxylation sites is 1. The first-order valence-electron chi connectivity index (χ1n) is 10.3. The molecule has 1 saturated carbocycles. The molecule has 1 amide bonds. The van der Waals surface area contributed by atoms with E-state index in [0.717, 1.165) is 42.6 Å². The van der Waals surface area contributed by atoms with Crippen molar-refractivity contribution in [1.82, 2.24) is 15.2 Å². The van der Waals surface area contributed by atoms with Crippen LogP contribution in [0, 0.1) is 5.92 Å². The average Bonchev–Trinajstić information content (AvgIpc) is 3.26. The van der Waals surface area contributed by atoms with Gasteiger partial charge in [0.25, 0.3) is 0 Å². The molecule has 2 aromatic rings. The SMILES string of the molecule is O=C(NCCOc1cccc2cccnc12)[C@H]1CCCN(C2CCCC2)C1. The van der Waals surface area contributed by atoms with Crippen LogP contribution < -0.4 is 10.1 Å². The Morgan fingerprint density at radius 3 is 2.89 bits per heavy atom. The van der Waals surface area contributed by atoms with Gasteiger partial charge >= 0.3 is 0 Å². The first-order chi connectivity index (χ1) is 13.3. The standard InChI is InChI=1S/C22H29N3O2/c26-22(18-8-5-14-25(16-18)19-9-1-2-10-19)24-13-15-27-20-11-3-6-17-7-4-12-23-21(17)20/h3-4,6-7,11-12,18-19H,1-2,5,8-10,13-16H2,(H,24,26)/t18-/m0/s1. The highest BCUT2D eigenvalue weighted by atomic mass is 16.5. The minimum Gasteiger partial charge on any atom is -0.489 e. The Morgan fingerprint density at radius 2 is 2.00 bits per heavy atom. The Balaban J connectivity index is 1.24. The van der Waals surface area contributed by atoms with Gasteiger partial charge < -0.3 is 10.1 Å². The van der Waals surface area contributed by atoms with Crippen LogP contribution in [0.1, 0.15) is 38.5 Å². The van der Waals surface area contributed by atoms with Gasteiger partial charge in [0.2, 0.25) is 5.91 Å². The molecule has 144 valence electrons. The maximum atomic E-state index is 12.6. The van der Waals surface area contributed by atoms with Gasteiger partial charge in [0, 0.05) is 24.2 Å². The molecular weight excluding hydrogens is 338 g/mol. The summed E-state index contributed by atoms with van der Waals surface area (Å²) in [5.41, 5.74) is 0.866. The number of fused-ring (bicyclic) bond motifs is 1. The van der Waals surface area contributed by atoms with E-state index >= 15 is 0 Å². The van der Waals surface area contributed by atoms with Crippen molar-refractivity contribution < 1.29 is 9.53 Å². The molecule has 1 atom stereocenters. The second-order valence-electron chi connectivity index (χ2n) is 7.74. The lowest BCUT2D eigenvalue weighted by molar-refractivity contribution is -0.127. The Hall–Kier alpha value is -2.14. The summed E-state index contributed by atoms with van der Waals surface area (Å²) in [6.45, 7) is 3.07. The van der Waals surface area contributed by atoms with E-state index in [1.807, 2.05) is 30.3 Å². The molecule has 5 nitrogen and oxygen atoms in total. The number of ether oxygens (including phenoxy) is 1. The van der Waals surface area contributed by atoms with Crippen molar-refractivity contribution >= 4 is 16.8 Å². The molecule has 2 heterocycles. The van der Waals surface area contributed by atoms with Crippen LogP contribution in [0.3, 0.4) is 0 Å². The maximum absolute atomic E-state index is 12.6. The molecule has 4 rings (SSSR count). The molecular formula is C22H29N3O2. The van der Waals surface area contributed by atoms with Gasteiger partial charge in [0.1, 0.15) is 17.9 Å². The molecule has 0 spiro atoms. The second-order valence-corrected chi connectivity index (χ2v) is 7.74. The maximum Gasteiger partial charge on any atom is 0.224 e. The van der Waals surface area contributed by atoms with Crippen LogP contribution in [0.5, 0.6) is 5.75 Å². The first-order valence-corrected chi connectivity index (χ1v) is 10.3. The third-order valence-electron chi connectivity index (χ3n) is 5.92. The van der Waals surface area contributed by atoms with E-state index in [2.05, 4.69) is 15.2 Å². The van der Waals surface area contributed by atoms with Crippen molar-refractivity contribution in [1.29, 1.82) is 0 Å². The first kappa shape index (κ1) is 18.2. The highest BCUT2D eigenvalue weighted by Gasteiger charge is 2.30. The van der Waals surface area contributed by atoms with Crippen LogP contribution in [0.15, 0.2) is 36.5 Å². The van der Waals surface area contributed by atoms with Gasteiger partial charge in [-0.05, 0) is 44.4 Å². The number of pyridine rings is 1. The van der Waals surface area contributed by atoms with Gasteiger partial charge in [-0.25, -0.2) is 0 Å². The summed E-state index contributed by atoms with van der Waals surface area (Å²) >= 11 is 0. The van der Waals surface area contributed by atoms with Crippen LogP contribution in [0.2, 0.25) is 0 Å². The van der Waals surface area contributed by atoms with E-state index in [1.165, 1.54) is 25.7 Å². The summed E-state index contributed by atoms with van der Waals surface area (Å²) in [6.07, 6.45) is 9.21. The number of benzene rings is 1. The quantitative estimate of drug-likeness (QED) is 0.795. The molecule has 27 heavy (non-hydrogen) atoms. The molecule has 5 heteroatoms. The lowest BCUT2D eigenvalue weighted by Gasteiger charge is -2.36. The van der Waals surface area contributed by atoms with Gasteiger partial charge in [-0.1, -0.05) is 31.0 Å². The molecule has 1 N–H and O–H groups in total. The van der Waals surface area contributed by atoms with E-state index < -0.39 is 0 Å². The monoisotopic (exact) mass is 367 g/mol. The van der Waals surface area contributed by atoms with Crippen LogP contribution >= 0.6 is 0 Å². The number of piperidine rings is 1. The Kier molecular flexibility index (Phi) is 5.87. The number of hydrogen-bond acceptors (Lipinski definition) is 4. The van der Waals surface area contributed by atoms with Gasteiger partial charge in [0.05, 0.1) is 12.5 Å². The predicted octanol–water partition coefficient (Wildman–Crippen LogP) is 3.38. The summed E-state index contributed by atoms with van der Waals surface area (Å²) in [5, 5.41) is 4.13. The summed E-state index contributed by atoms with van der Waals surface area (Å²) in [4.78, 5) is 19.5. The smallest absolute Gasteiger partial charge is 0.224 e. The topological polar surface area (TPSA) is 54.5 Å². The number of amides is 1. The predicted molar refractivity (Wildman–Crippen MR) is 107 cm³/mol. The number of nitrogens with one attached hydrogen (secondary N) is 1. The number of likely N-dealkylation sites (tertiary alicyclic amines) is 1. The molecule has 0 unspecified atom stereocenters. The second kappa shape index (κ2) is 8.70. The van der Waals surface area contributed by atoms with Crippen molar-refractivity contribution in [2.75, 3.05) is 26.2 Å². The van der Waals surface area contributed by atoms with Crippen molar-refractivity contribution in [3.05, 3.63) is 36.5 Å². The number of rotatable bonds is 6. The van der Waals surface area contributed by atoms with Crippen LogP contribution in [0.25, 0.3) is 10.9 Å². The lowest BCUT2D eigenvalue weighted by Crippen LogP contribution is -2.46. The van der Waals surface area contributed by atoms with E-state index in [4.69, 9.17) is 4.74 Å². The summed E-state index contributed by atoms with van der Waals surface area (Å²) in [7, 11) is 0. The fourth-order valence-electron chi connectivity index (χ4n) is 4.49. The molecule has 1 aliphatic heterocycles. The van der Waals surface area contributed by atoms with Gasteiger partial charge in [-0.2, -0.15) is 0 Å². The normalized spacial score (nSPS) is 21.4. The van der Waals surface area contributed by atoms with Crippen molar-refractivity contribution in [2.45, 2.75) is 44.6 Å². The van der Waals surface area contributed by atoms with E-state index in [-0.39, 0.29) is 11.8 Å². The minimum absolute atomic E-state index is 0.124.